The van der Waals surface area contributed by atoms with Gasteiger partial charge in [-0.1, -0.05) is 6.07 Å². The molecule has 2 heterocycles. The van der Waals surface area contributed by atoms with E-state index < -0.39 is 11.4 Å². The summed E-state index contributed by atoms with van der Waals surface area (Å²) in [5, 5.41) is 9.46. The van der Waals surface area contributed by atoms with Crippen LogP contribution in [0, 0.1) is 0 Å². The third kappa shape index (κ3) is 2.18. The molecular weight excluding hydrogens is 268 g/mol. The first kappa shape index (κ1) is 13.1. The minimum absolute atomic E-state index is 0.221. The van der Waals surface area contributed by atoms with Crippen molar-refractivity contribution in [3.8, 4) is 11.1 Å². The number of aromatic carboxylic acids is 1. The first-order chi connectivity index (χ1) is 10.1. The number of carboxylic acids is 1. The minimum atomic E-state index is -1.21. The highest BCUT2D eigenvalue weighted by Gasteiger charge is 2.13. The maximum absolute atomic E-state index is 12.2. The van der Waals surface area contributed by atoms with Crippen LogP contribution in [0.2, 0.25) is 0 Å². The lowest BCUT2D eigenvalue weighted by atomic mass is 10.0. The van der Waals surface area contributed by atoms with Crippen LogP contribution in [0.5, 0.6) is 0 Å². The molecule has 1 N–H and O–H groups in total. The quantitative estimate of drug-likeness (QED) is 0.781. The monoisotopic (exact) mass is 280 g/mol. The lowest BCUT2D eigenvalue weighted by Crippen LogP contribution is -2.17. The average molecular weight is 280 g/mol. The first-order valence-electron chi connectivity index (χ1n) is 6.35. The Kier molecular flexibility index (Phi) is 3.02. The van der Waals surface area contributed by atoms with Crippen molar-refractivity contribution in [1.82, 2.24) is 9.55 Å². The highest BCUT2D eigenvalue weighted by molar-refractivity contribution is 5.93. The molecule has 104 valence electrons. The van der Waals surface area contributed by atoms with E-state index in [2.05, 4.69) is 4.98 Å². The Balaban J connectivity index is 2.29. The summed E-state index contributed by atoms with van der Waals surface area (Å²) < 4.78 is 1.66. The van der Waals surface area contributed by atoms with Crippen molar-refractivity contribution in [2.24, 2.45) is 7.05 Å². The van der Waals surface area contributed by atoms with Gasteiger partial charge in [0.15, 0.2) is 0 Å². The van der Waals surface area contributed by atoms with Gasteiger partial charge in [0.2, 0.25) is 5.43 Å². The van der Waals surface area contributed by atoms with Crippen molar-refractivity contribution in [3.63, 3.8) is 0 Å². The predicted molar refractivity (Wildman–Crippen MR) is 79.4 cm³/mol. The summed E-state index contributed by atoms with van der Waals surface area (Å²) in [4.78, 5) is 27.2. The van der Waals surface area contributed by atoms with Crippen molar-refractivity contribution in [2.75, 3.05) is 0 Å². The summed E-state index contributed by atoms with van der Waals surface area (Å²) in [5.74, 6) is -1.21. The summed E-state index contributed by atoms with van der Waals surface area (Å²) in [6.45, 7) is 0. The molecule has 0 aliphatic heterocycles. The van der Waals surface area contributed by atoms with Crippen LogP contribution in [0.25, 0.3) is 22.0 Å². The molecule has 2 aromatic heterocycles. The molecule has 0 fully saturated rings. The van der Waals surface area contributed by atoms with Crippen LogP contribution in [0.1, 0.15) is 10.4 Å². The SMILES string of the molecule is Cn1cc(C(=O)O)c(=O)c2ccc(-c3ccncc3)cc21. The molecule has 0 bridgehead atoms. The van der Waals surface area contributed by atoms with E-state index in [0.717, 1.165) is 11.1 Å². The van der Waals surface area contributed by atoms with E-state index in [1.165, 1.54) is 6.20 Å². The van der Waals surface area contributed by atoms with Gasteiger partial charge in [0.05, 0.1) is 5.52 Å². The summed E-state index contributed by atoms with van der Waals surface area (Å²) in [6.07, 6.45) is 4.75. The zero-order valence-corrected chi connectivity index (χ0v) is 11.3. The topological polar surface area (TPSA) is 72.2 Å². The predicted octanol–water partition coefficient (Wildman–Crippen LogP) is 2.30. The fraction of sp³-hybridized carbons (Fsp3) is 0.0625. The largest absolute Gasteiger partial charge is 0.477 e. The Labute approximate surface area is 120 Å². The van der Waals surface area contributed by atoms with Crippen molar-refractivity contribution in [3.05, 3.63) is 64.7 Å². The highest BCUT2D eigenvalue weighted by Crippen LogP contribution is 2.22. The van der Waals surface area contributed by atoms with Crippen LogP contribution in [-0.4, -0.2) is 20.6 Å². The van der Waals surface area contributed by atoms with Gasteiger partial charge in [-0.2, -0.15) is 0 Å². The number of hydrogen-bond acceptors (Lipinski definition) is 3. The van der Waals surface area contributed by atoms with E-state index >= 15 is 0 Å². The van der Waals surface area contributed by atoms with E-state index in [1.807, 2.05) is 24.3 Å². The smallest absolute Gasteiger partial charge is 0.341 e. The lowest BCUT2D eigenvalue weighted by molar-refractivity contribution is 0.0695. The molecule has 0 spiro atoms. The van der Waals surface area contributed by atoms with E-state index in [-0.39, 0.29) is 5.56 Å². The van der Waals surface area contributed by atoms with Crippen LogP contribution < -0.4 is 5.43 Å². The Hall–Kier alpha value is -2.95. The van der Waals surface area contributed by atoms with Crippen LogP contribution in [0.4, 0.5) is 0 Å². The summed E-state index contributed by atoms with van der Waals surface area (Å²) in [6, 6.07) is 9.11. The number of carboxylic acid groups (broad SMARTS) is 1. The molecule has 0 amide bonds. The van der Waals surface area contributed by atoms with Gasteiger partial charge in [0.1, 0.15) is 5.56 Å². The summed E-state index contributed by atoms with van der Waals surface area (Å²) in [5.41, 5.74) is 1.95. The van der Waals surface area contributed by atoms with Crippen molar-refractivity contribution in [2.45, 2.75) is 0 Å². The number of benzene rings is 1. The molecule has 0 saturated heterocycles. The van der Waals surface area contributed by atoms with Crippen molar-refractivity contribution in [1.29, 1.82) is 0 Å². The lowest BCUT2D eigenvalue weighted by Gasteiger charge is -2.09. The van der Waals surface area contributed by atoms with E-state index in [1.54, 1.807) is 30.1 Å². The number of fused-ring (bicyclic) bond motifs is 1. The normalized spacial score (nSPS) is 10.7. The van der Waals surface area contributed by atoms with Gasteiger partial charge in [-0.05, 0) is 35.4 Å². The van der Waals surface area contributed by atoms with Gasteiger partial charge in [-0.25, -0.2) is 4.79 Å². The second-order valence-electron chi connectivity index (χ2n) is 4.76. The van der Waals surface area contributed by atoms with Crippen LogP contribution in [-0.2, 0) is 7.05 Å². The van der Waals surface area contributed by atoms with Gasteiger partial charge in [0, 0.05) is 31.0 Å². The number of aromatic nitrogens is 2. The number of pyridine rings is 2. The van der Waals surface area contributed by atoms with E-state index in [4.69, 9.17) is 5.11 Å². The molecule has 3 rings (SSSR count). The number of aryl methyl sites for hydroxylation is 1. The van der Waals surface area contributed by atoms with E-state index in [9.17, 15) is 9.59 Å². The second-order valence-corrected chi connectivity index (χ2v) is 4.76. The molecule has 0 saturated carbocycles. The number of carbonyl (C=O) groups is 1. The van der Waals surface area contributed by atoms with Crippen LogP contribution >= 0.6 is 0 Å². The molecule has 3 aromatic rings. The minimum Gasteiger partial charge on any atom is -0.477 e. The molecule has 21 heavy (non-hydrogen) atoms. The van der Waals surface area contributed by atoms with E-state index in [0.29, 0.717) is 10.9 Å². The first-order valence-corrected chi connectivity index (χ1v) is 6.35. The standard InChI is InChI=1S/C16H12N2O3/c1-18-9-13(16(20)21)15(19)12-3-2-11(8-14(12)18)10-4-6-17-7-5-10/h2-9H,1H3,(H,20,21). The third-order valence-electron chi connectivity index (χ3n) is 3.43. The molecule has 5 heteroatoms. The van der Waals surface area contributed by atoms with Gasteiger partial charge in [-0.3, -0.25) is 9.78 Å². The number of hydrogen-bond donors (Lipinski definition) is 1. The summed E-state index contributed by atoms with van der Waals surface area (Å²) in [7, 11) is 1.73. The fourth-order valence-electron chi connectivity index (χ4n) is 2.36. The fourth-order valence-corrected chi connectivity index (χ4v) is 2.36. The highest BCUT2D eigenvalue weighted by atomic mass is 16.4. The molecule has 0 atom stereocenters. The van der Waals surface area contributed by atoms with Gasteiger partial charge in [0.25, 0.3) is 0 Å². The zero-order chi connectivity index (χ0) is 15.0. The zero-order valence-electron chi connectivity index (χ0n) is 11.3. The maximum Gasteiger partial charge on any atom is 0.341 e. The van der Waals surface area contributed by atoms with Gasteiger partial charge >= 0.3 is 5.97 Å². The Morgan fingerprint density at radius 1 is 1.14 bits per heavy atom. The third-order valence-corrected chi connectivity index (χ3v) is 3.43. The summed E-state index contributed by atoms with van der Waals surface area (Å²) >= 11 is 0. The Bertz CT molecular complexity index is 899. The van der Waals surface area contributed by atoms with Gasteiger partial charge < -0.3 is 9.67 Å². The van der Waals surface area contributed by atoms with Crippen molar-refractivity contribution >= 4 is 16.9 Å². The maximum atomic E-state index is 12.2. The molecule has 0 aliphatic carbocycles. The second kappa shape index (κ2) is 4.86. The Morgan fingerprint density at radius 3 is 2.52 bits per heavy atom. The Morgan fingerprint density at radius 2 is 1.86 bits per heavy atom. The molecule has 0 unspecified atom stereocenters. The number of rotatable bonds is 2. The molecule has 0 radical (unpaired) electrons. The molecule has 1 aromatic carbocycles. The number of nitrogens with zero attached hydrogens (tertiary/aromatic N) is 2. The average Bonchev–Trinajstić information content (AvgIpc) is 2.51. The van der Waals surface area contributed by atoms with Crippen LogP contribution in [0.15, 0.2) is 53.7 Å². The molecule has 0 aliphatic rings. The molecular formula is C16H12N2O3. The van der Waals surface area contributed by atoms with Crippen LogP contribution in [0.3, 0.4) is 0 Å². The molecule has 5 nitrogen and oxygen atoms in total. The van der Waals surface area contributed by atoms with Gasteiger partial charge in [-0.15, -0.1) is 0 Å². The van der Waals surface area contributed by atoms with Crippen molar-refractivity contribution < 1.29 is 9.90 Å².